The number of hydrogen-bond donors (Lipinski definition) is 1. The fraction of sp³-hybridized carbons (Fsp3) is 0.500. The number of nitrogens with one attached hydrogen (secondary N) is 1. The number of para-hydroxylation sites is 2. The van der Waals surface area contributed by atoms with Gasteiger partial charge in [0.05, 0.1) is 18.2 Å². The fourth-order valence-corrected chi connectivity index (χ4v) is 5.41. The molecule has 2 unspecified atom stereocenters. The summed E-state index contributed by atoms with van der Waals surface area (Å²) in [4.78, 5) is 29.6. The molecule has 1 N–H and O–H groups in total. The Morgan fingerprint density at radius 1 is 1.11 bits per heavy atom. The maximum atomic E-state index is 14.0. The number of carbonyl (C=O) groups excluding carboxylic acids is 2. The van der Waals surface area contributed by atoms with Crippen LogP contribution in [0.5, 0.6) is 5.75 Å². The van der Waals surface area contributed by atoms with Crippen LogP contribution >= 0.6 is 0 Å². The average molecular weight is 506 g/mol. The first-order valence-corrected chi connectivity index (χ1v) is 13.4. The molecule has 2 aromatic carbocycles. The first-order valence-electron chi connectivity index (χ1n) is 13.4. The molecule has 0 spiro atoms. The predicted molar refractivity (Wildman–Crippen MR) is 139 cm³/mol. The monoisotopic (exact) mass is 505 g/mol. The number of carbonyl (C=O) groups is 2. The van der Waals surface area contributed by atoms with Crippen molar-refractivity contribution in [1.29, 1.82) is 0 Å². The number of benzene rings is 2. The minimum absolute atomic E-state index is 0.0305. The molecule has 1 aliphatic carbocycles. The van der Waals surface area contributed by atoms with Crippen molar-refractivity contribution in [2.75, 3.05) is 19.8 Å². The molecule has 1 saturated heterocycles. The zero-order valence-corrected chi connectivity index (χ0v) is 21.3. The lowest BCUT2D eigenvalue weighted by molar-refractivity contribution is -0.143. The average Bonchev–Trinajstić information content (AvgIpc) is 3.68. The van der Waals surface area contributed by atoms with Gasteiger partial charge in [0.25, 0.3) is 0 Å². The van der Waals surface area contributed by atoms with E-state index in [0.717, 1.165) is 49.6 Å². The van der Waals surface area contributed by atoms with Crippen LogP contribution in [-0.4, -0.2) is 63.6 Å². The Morgan fingerprint density at radius 2 is 1.89 bits per heavy atom. The lowest BCUT2D eigenvalue weighted by Gasteiger charge is -2.34. The molecular weight excluding hydrogens is 470 g/mol. The first kappa shape index (κ1) is 25.2. The molecule has 2 amide bonds. The van der Waals surface area contributed by atoms with Crippen molar-refractivity contribution in [3.8, 4) is 5.75 Å². The molecule has 37 heavy (non-hydrogen) atoms. The Bertz CT molecular complexity index is 1220. The Kier molecular flexibility index (Phi) is 7.99. The Hall–Kier alpha value is -3.46. The number of amides is 2. The van der Waals surface area contributed by atoms with E-state index in [4.69, 9.17) is 9.47 Å². The Morgan fingerprint density at radius 3 is 2.68 bits per heavy atom. The molecule has 2 atom stereocenters. The van der Waals surface area contributed by atoms with Gasteiger partial charge in [0.1, 0.15) is 23.9 Å². The molecule has 2 heterocycles. The van der Waals surface area contributed by atoms with Crippen molar-refractivity contribution in [1.82, 2.24) is 25.2 Å². The number of ether oxygens (including phenoxy) is 2. The molecule has 196 valence electrons. The van der Waals surface area contributed by atoms with Crippen molar-refractivity contribution in [3.05, 3.63) is 54.1 Å². The first-order chi connectivity index (χ1) is 18.1. The van der Waals surface area contributed by atoms with Crippen LogP contribution in [0.15, 0.2) is 48.5 Å². The normalized spacial score (nSPS) is 18.7. The molecule has 1 saturated carbocycles. The quantitative estimate of drug-likeness (QED) is 0.452. The summed E-state index contributed by atoms with van der Waals surface area (Å²) < 4.78 is 13.4. The maximum absolute atomic E-state index is 14.0. The molecule has 0 bridgehead atoms. The van der Waals surface area contributed by atoms with Crippen molar-refractivity contribution in [2.24, 2.45) is 0 Å². The van der Waals surface area contributed by atoms with Gasteiger partial charge in [0, 0.05) is 24.8 Å². The SMILES string of the molecule is CCOc1ccccc1C(C(=O)NC1CCCC1)N(CC1CCCO1)C(=O)Cn1nnc2ccccc21. The topological polar surface area (TPSA) is 98.6 Å². The van der Waals surface area contributed by atoms with Gasteiger partial charge in [-0.05, 0) is 50.8 Å². The number of rotatable bonds is 10. The van der Waals surface area contributed by atoms with E-state index in [1.54, 1.807) is 9.58 Å². The van der Waals surface area contributed by atoms with E-state index in [2.05, 4.69) is 15.6 Å². The third kappa shape index (κ3) is 5.77. The summed E-state index contributed by atoms with van der Waals surface area (Å²) in [5, 5.41) is 11.6. The van der Waals surface area contributed by atoms with E-state index >= 15 is 0 Å². The molecule has 9 heteroatoms. The predicted octanol–water partition coefficient (Wildman–Crippen LogP) is 3.64. The Balaban J connectivity index is 1.51. The van der Waals surface area contributed by atoms with Gasteiger partial charge in [0.2, 0.25) is 11.8 Å². The van der Waals surface area contributed by atoms with Gasteiger partial charge in [-0.2, -0.15) is 0 Å². The molecule has 1 aliphatic heterocycles. The molecule has 2 aliphatic rings. The molecule has 1 aromatic heterocycles. The molecule has 3 aromatic rings. The van der Waals surface area contributed by atoms with Crippen LogP contribution in [0.25, 0.3) is 11.0 Å². The van der Waals surface area contributed by atoms with E-state index in [0.29, 0.717) is 31.1 Å². The highest BCUT2D eigenvalue weighted by molar-refractivity contribution is 5.90. The smallest absolute Gasteiger partial charge is 0.247 e. The zero-order chi connectivity index (χ0) is 25.6. The molecule has 0 radical (unpaired) electrons. The van der Waals surface area contributed by atoms with Crippen LogP contribution in [0, 0.1) is 0 Å². The van der Waals surface area contributed by atoms with E-state index in [-0.39, 0.29) is 30.5 Å². The van der Waals surface area contributed by atoms with Gasteiger partial charge in [-0.25, -0.2) is 4.68 Å². The van der Waals surface area contributed by atoms with Crippen LogP contribution in [0.1, 0.15) is 57.1 Å². The van der Waals surface area contributed by atoms with Crippen LogP contribution in [0.3, 0.4) is 0 Å². The summed E-state index contributed by atoms with van der Waals surface area (Å²) >= 11 is 0. The number of nitrogens with zero attached hydrogens (tertiary/aromatic N) is 4. The van der Waals surface area contributed by atoms with Gasteiger partial charge in [-0.1, -0.05) is 48.4 Å². The second-order valence-corrected chi connectivity index (χ2v) is 9.78. The van der Waals surface area contributed by atoms with Crippen LogP contribution in [0.2, 0.25) is 0 Å². The minimum atomic E-state index is -0.852. The summed E-state index contributed by atoms with van der Waals surface area (Å²) in [5.74, 6) is 0.200. The Labute approximate surface area is 217 Å². The van der Waals surface area contributed by atoms with Crippen LogP contribution in [-0.2, 0) is 20.9 Å². The highest BCUT2D eigenvalue weighted by atomic mass is 16.5. The van der Waals surface area contributed by atoms with Gasteiger partial charge in [-0.3, -0.25) is 9.59 Å². The largest absolute Gasteiger partial charge is 0.494 e. The fourth-order valence-electron chi connectivity index (χ4n) is 5.41. The van der Waals surface area contributed by atoms with Crippen molar-refractivity contribution >= 4 is 22.8 Å². The van der Waals surface area contributed by atoms with Crippen molar-refractivity contribution in [3.63, 3.8) is 0 Å². The highest BCUT2D eigenvalue weighted by Gasteiger charge is 2.37. The minimum Gasteiger partial charge on any atom is -0.494 e. The number of hydrogen-bond acceptors (Lipinski definition) is 6. The summed E-state index contributed by atoms with van der Waals surface area (Å²) in [7, 11) is 0. The molecule has 2 fully saturated rings. The lowest BCUT2D eigenvalue weighted by Crippen LogP contribution is -2.49. The second kappa shape index (κ2) is 11.7. The summed E-state index contributed by atoms with van der Waals surface area (Å²) in [6.07, 6.45) is 5.77. The maximum Gasteiger partial charge on any atom is 0.247 e. The molecule has 9 nitrogen and oxygen atoms in total. The van der Waals surface area contributed by atoms with E-state index in [1.807, 2.05) is 55.5 Å². The van der Waals surface area contributed by atoms with Crippen molar-refractivity contribution in [2.45, 2.75) is 70.2 Å². The number of fused-ring (bicyclic) bond motifs is 1. The second-order valence-electron chi connectivity index (χ2n) is 9.78. The van der Waals surface area contributed by atoms with Gasteiger partial charge in [-0.15, -0.1) is 5.10 Å². The number of aromatic nitrogens is 3. The van der Waals surface area contributed by atoms with Crippen molar-refractivity contribution < 1.29 is 19.1 Å². The third-order valence-electron chi connectivity index (χ3n) is 7.22. The van der Waals surface area contributed by atoms with Crippen LogP contribution in [0.4, 0.5) is 0 Å². The zero-order valence-electron chi connectivity index (χ0n) is 21.3. The summed E-state index contributed by atoms with van der Waals surface area (Å²) in [5.41, 5.74) is 2.17. The lowest BCUT2D eigenvalue weighted by atomic mass is 10.0. The molecular formula is C28H35N5O4. The van der Waals surface area contributed by atoms with Gasteiger partial charge >= 0.3 is 0 Å². The van der Waals surface area contributed by atoms with Crippen LogP contribution < -0.4 is 10.1 Å². The van der Waals surface area contributed by atoms with Gasteiger partial charge < -0.3 is 19.7 Å². The summed E-state index contributed by atoms with van der Waals surface area (Å²) in [6.45, 7) is 3.31. The standard InChI is InChI=1S/C28H35N5O4/c1-2-36-25-16-8-5-13-22(25)27(28(35)29-20-10-3-4-11-20)32(18-21-12-9-17-37-21)26(34)19-33-24-15-7-6-14-23(24)30-31-33/h5-8,13-16,20-21,27H,2-4,9-12,17-19H2,1H3,(H,29,35). The highest BCUT2D eigenvalue weighted by Crippen LogP contribution is 2.32. The third-order valence-corrected chi connectivity index (χ3v) is 7.22. The van der Waals surface area contributed by atoms with E-state index in [9.17, 15) is 9.59 Å². The van der Waals surface area contributed by atoms with E-state index in [1.165, 1.54) is 0 Å². The molecule has 5 rings (SSSR count). The van der Waals surface area contributed by atoms with Gasteiger partial charge in [0.15, 0.2) is 0 Å². The van der Waals surface area contributed by atoms with E-state index < -0.39 is 6.04 Å². The summed E-state index contributed by atoms with van der Waals surface area (Å²) in [6, 6.07) is 14.3.